The maximum Gasteiger partial charge on any atom is 0.410 e. The van der Waals surface area contributed by atoms with E-state index >= 15 is 0 Å². The van der Waals surface area contributed by atoms with Crippen molar-refractivity contribution in [3.05, 3.63) is 78.1 Å². The minimum absolute atomic E-state index is 0.00823. The van der Waals surface area contributed by atoms with Crippen LogP contribution in [0.2, 0.25) is 0 Å². The largest absolute Gasteiger partial charge is 0.482 e. The highest BCUT2D eigenvalue weighted by atomic mass is 19.1. The van der Waals surface area contributed by atoms with E-state index in [1.165, 1.54) is 12.1 Å². The average molecular weight is 658 g/mol. The maximum absolute atomic E-state index is 14.9. The van der Waals surface area contributed by atoms with Crippen LogP contribution in [0.15, 0.2) is 66.7 Å². The zero-order valence-corrected chi connectivity index (χ0v) is 28.1. The van der Waals surface area contributed by atoms with Crippen LogP contribution in [-0.2, 0) is 19.1 Å². The Labute approximate surface area is 281 Å². The molecule has 3 aliphatic rings. The third-order valence-electron chi connectivity index (χ3n) is 9.10. The van der Waals surface area contributed by atoms with E-state index in [1.807, 2.05) is 74.2 Å². The molecule has 3 amide bonds. The number of carbonyl (C=O) groups excluding carboxylic acids is 3. The van der Waals surface area contributed by atoms with Crippen molar-refractivity contribution >= 4 is 29.3 Å². The van der Waals surface area contributed by atoms with Crippen LogP contribution < -0.4 is 14.5 Å². The summed E-state index contributed by atoms with van der Waals surface area (Å²) in [7, 11) is 1.63. The molecule has 2 heterocycles. The van der Waals surface area contributed by atoms with Crippen LogP contribution in [0.25, 0.3) is 11.1 Å². The number of fused-ring (bicyclic) bond motifs is 1. The standard InChI is InChI=1S/C38H44FN3O6/c1-38(2,3)48-37(45)40-18-16-31(27-10-5-8-25(20-27)26-9-6-11-28(39)21-26)32(23-40)36(44)42(29-12-13-29)30-14-15-34-33(22-30)41(17-7-19-46-4)35(43)24-47-34/h5-6,8-11,14-15,20-22,29,31-32H,7,12-13,16-19,23-24H2,1-4H3/t31-,32+/m1/s1. The molecular weight excluding hydrogens is 613 g/mol. The van der Waals surface area contributed by atoms with Gasteiger partial charge in [0.25, 0.3) is 5.91 Å². The number of ether oxygens (including phenoxy) is 3. The van der Waals surface area contributed by atoms with Gasteiger partial charge >= 0.3 is 6.09 Å². The minimum Gasteiger partial charge on any atom is -0.482 e. The van der Waals surface area contributed by atoms with Crippen LogP contribution >= 0.6 is 0 Å². The summed E-state index contributed by atoms with van der Waals surface area (Å²) in [5.74, 6) is -0.703. The molecule has 254 valence electrons. The summed E-state index contributed by atoms with van der Waals surface area (Å²) in [6, 6.07) is 20.0. The molecule has 0 aromatic heterocycles. The summed E-state index contributed by atoms with van der Waals surface area (Å²) in [4.78, 5) is 46.3. The molecule has 3 aromatic rings. The van der Waals surface area contributed by atoms with Gasteiger partial charge in [-0.1, -0.05) is 36.4 Å². The van der Waals surface area contributed by atoms with Crippen LogP contribution in [0.3, 0.4) is 0 Å². The van der Waals surface area contributed by atoms with Gasteiger partial charge in [-0.15, -0.1) is 0 Å². The van der Waals surface area contributed by atoms with Crippen LogP contribution in [0.1, 0.15) is 57.9 Å². The summed E-state index contributed by atoms with van der Waals surface area (Å²) in [5.41, 5.74) is 3.23. The van der Waals surface area contributed by atoms with Crippen molar-refractivity contribution in [2.45, 2.75) is 64.0 Å². The highest BCUT2D eigenvalue weighted by Crippen LogP contribution is 2.43. The van der Waals surface area contributed by atoms with Gasteiger partial charge in [0.15, 0.2) is 6.61 Å². The number of hydrogen-bond donors (Lipinski definition) is 0. The number of halogens is 1. The van der Waals surface area contributed by atoms with E-state index in [4.69, 9.17) is 14.2 Å². The fourth-order valence-corrected chi connectivity index (χ4v) is 6.69. The quantitative estimate of drug-likeness (QED) is 0.236. The molecule has 9 nitrogen and oxygen atoms in total. The summed E-state index contributed by atoms with van der Waals surface area (Å²) in [6.45, 7) is 7.07. The van der Waals surface area contributed by atoms with Crippen LogP contribution in [-0.4, -0.2) is 74.4 Å². The van der Waals surface area contributed by atoms with E-state index in [2.05, 4.69) is 0 Å². The lowest BCUT2D eigenvalue weighted by atomic mass is 9.78. The number of anilines is 2. The van der Waals surface area contributed by atoms with Crippen LogP contribution in [0.5, 0.6) is 5.75 Å². The summed E-state index contributed by atoms with van der Waals surface area (Å²) in [5, 5.41) is 0. The molecule has 0 unspecified atom stereocenters. The lowest BCUT2D eigenvalue weighted by Crippen LogP contribution is -2.51. The lowest BCUT2D eigenvalue weighted by molar-refractivity contribution is -0.124. The Hall–Kier alpha value is -4.44. The lowest BCUT2D eigenvalue weighted by Gasteiger charge is -2.41. The number of piperidine rings is 1. The molecule has 3 aromatic carbocycles. The number of carbonyl (C=O) groups is 3. The Morgan fingerprint density at radius 3 is 2.46 bits per heavy atom. The van der Waals surface area contributed by atoms with E-state index in [0.717, 1.165) is 29.5 Å². The summed E-state index contributed by atoms with van der Waals surface area (Å²) >= 11 is 0. The van der Waals surface area contributed by atoms with Gasteiger partial charge in [-0.2, -0.15) is 0 Å². The third-order valence-corrected chi connectivity index (χ3v) is 9.10. The molecule has 0 bridgehead atoms. The Bertz CT molecular complexity index is 1670. The van der Waals surface area contributed by atoms with Crippen molar-refractivity contribution < 1.29 is 33.0 Å². The highest BCUT2D eigenvalue weighted by Gasteiger charge is 2.44. The van der Waals surface area contributed by atoms with Crippen molar-refractivity contribution in [3.8, 4) is 16.9 Å². The SMILES string of the molecule is COCCCN1C(=O)COc2ccc(N(C(=O)[C@H]3CN(C(=O)OC(C)(C)C)CC[C@@H]3c3cccc(-c4cccc(F)c4)c3)C3CC3)cc21. The molecule has 0 radical (unpaired) electrons. The van der Waals surface area contributed by atoms with Gasteiger partial charge in [0.2, 0.25) is 5.91 Å². The van der Waals surface area contributed by atoms with Gasteiger partial charge < -0.3 is 28.9 Å². The molecule has 10 heteroatoms. The van der Waals surface area contributed by atoms with Gasteiger partial charge in [0.05, 0.1) is 11.6 Å². The van der Waals surface area contributed by atoms with Gasteiger partial charge in [0, 0.05) is 45.1 Å². The maximum atomic E-state index is 14.9. The topological polar surface area (TPSA) is 88.6 Å². The second-order valence-electron chi connectivity index (χ2n) is 13.8. The van der Waals surface area contributed by atoms with Crippen molar-refractivity contribution in [1.29, 1.82) is 0 Å². The Morgan fingerprint density at radius 1 is 1.00 bits per heavy atom. The number of likely N-dealkylation sites (tertiary alicyclic amines) is 1. The first-order valence-corrected chi connectivity index (χ1v) is 16.8. The van der Waals surface area contributed by atoms with E-state index in [9.17, 15) is 18.8 Å². The minimum atomic E-state index is -0.676. The predicted molar refractivity (Wildman–Crippen MR) is 182 cm³/mol. The molecule has 2 atom stereocenters. The monoisotopic (exact) mass is 657 g/mol. The van der Waals surface area contributed by atoms with Crippen molar-refractivity contribution in [3.63, 3.8) is 0 Å². The number of nitrogens with zero attached hydrogens (tertiary/aromatic N) is 3. The van der Waals surface area contributed by atoms with Gasteiger partial charge in [-0.3, -0.25) is 9.59 Å². The second kappa shape index (κ2) is 14.0. The normalized spacial score (nSPS) is 19.4. The summed E-state index contributed by atoms with van der Waals surface area (Å²) < 4.78 is 30.8. The van der Waals surface area contributed by atoms with Gasteiger partial charge in [-0.25, -0.2) is 9.18 Å². The zero-order valence-electron chi connectivity index (χ0n) is 28.1. The van der Waals surface area contributed by atoms with Crippen molar-refractivity contribution in [1.82, 2.24) is 4.90 Å². The van der Waals surface area contributed by atoms with Crippen molar-refractivity contribution in [2.75, 3.05) is 49.8 Å². The Kier molecular flexibility index (Phi) is 9.73. The molecule has 6 rings (SSSR count). The number of benzene rings is 3. The number of rotatable bonds is 9. The smallest absolute Gasteiger partial charge is 0.410 e. The number of amides is 3. The Balaban J connectivity index is 1.35. The second-order valence-corrected chi connectivity index (χ2v) is 13.8. The average Bonchev–Trinajstić information content (AvgIpc) is 3.90. The first-order chi connectivity index (χ1) is 23.0. The molecule has 1 saturated carbocycles. The van der Waals surface area contributed by atoms with Gasteiger partial charge in [-0.05, 0) is 99.4 Å². The molecule has 0 spiro atoms. The molecule has 48 heavy (non-hydrogen) atoms. The van der Waals surface area contributed by atoms with E-state index in [1.54, 1.807) is 23.0 Å². The number of methoxy groups -OCH3 is 1. The molecule has 2 aliphatic heterocycles. The van der Waals surface area contributed by atoms with E-state index < -0.39 is 17.6 Å². The summed E-state index contributed by atoms with van der Waals surface area (Å²) in [6.07, 6.45) is 2.49. The molecule has 2 fully saturated rings. The predicted octanol–water partition coefficient (Wildman–Crippen LogP) is 6.79. The third kappa shape index (κ3) is 7.49. The molecule has 0 N–H and O–H groups in total. The first-order valence-electron chi connectivity index (χ1n) is 16.8. The first kappa shape index (κ1) is 33.5. The fraction of sp³-hybridized carbons (Fsp3) is 0.447. The number of hydrogen-bond acceptors (Lipinski definition) is 6. The van der Waals surface area contributed by atoms with Gasteiger partial charge in [0.1, 0.15) is 17.2 Å². The van der Waals surface area contributed by atoms with E-state index in [-0.39, 0.29) is 42.7 Å². The highest BCUT2D eigenvalue weighted by molar-refractivity contribution is 6.01. The molecule has 1 aliphatic carbocycles. The van der Waals surface area contributed by atoms with Crippen molar-refractivity contribution in [2.24, 2.45) is 5.92 Å². The molecular formula is C38H44FN3O6. The fourth-order valence-electron chi connectivity index (χ4n) is 6.69. The van der Waals surface area contributed by atoms with Crippen LogP contribution in [0.4, 0.5) is 20.6 Å². The Morgan fingerprint density at radius 2 is 1.75 bits per heavy atom. The van der Waals surface area contributed by atoms with E-state index in [0.29, 0.717) is 49.7 Å². The zero-order chi connectivity index (χ0) is 34.0. The van der Waals surface area contributed by atoms with Crippen LogP contribution in [0, 0.1) is 11.7 Å². The molecule has 1 saturated heterocycles.